The topological polar surface area (TPSA) is 60.9 Å². The number of anilines is 1. The van der Waals surface area contributed by atoms with Crippen molar-refractivity contribution in [3.8, 4) is 0 Å². The van der Waals surface area contributed by atoms with E-state index in [0.29, 0.717) is 23.9 Å². The number of β-amino-alcohol motifs (C(OH)–C–C–N with tert-alkyl or cyclic N) is 1. The maximum Gasteiger partial charge on any atom is 0.242 e. The lowest BCUT2D eigenvalue weighted by Gasteiger charge is -2.48. The van der Waals surface area contributed by atoms with Crippen molar-refractivity contribution < 1.29 is 13.5 Å². The Bertz CT molecular complexity index is 600. The van der Waals surface area contributed by atoms with E-state index in [0.717, 1.165) is 18.5 Å². The number of hydrogen-bond donors (Lipinski definition) is 1. The lowest BCUT2D eigenvalue weighted by Crippen LogP contribution is -2.63. The zero-order valence-electron chi connectivity index (χ0n) is 11.8. The summed E-state index contributed by atoms with van der Waals surface area (Å²) >= 11 is 0. The van der Waals surface area contributed by atoms with Crippen LogP contribution >= 0.6 is 0 Å². The molecular formula is C14H20N2O3S. The van der Waals surface area contributed by atoms with Crippen molar-refractivity contribution in [2.24, 2.45) is 5.92 Å². The summed E-state index contributed by atoms with van der Waals surface area (Å²) in [5.74, 6) is 0.465. The molecule has 1 aromatic carbocycles. The van der Waals surface area contributed by atoms with Gasteiger partial charge in [-0.3, -0.25) is 0 Å². The van der Waals surface area contributed by atoms with E-state index in [4.69, 9.17) is 0 Å². The number of rotatable bonds is 4. The van der Waals surface area contributed by atoms with Crippen LogP contribution in [-0.4, -0.2) is 50.6 Å². The number of nitrogens with zero attached hydrogens (tertiary/aromatic N) is 2. The molecule has 5 nitrogen and oxygen atoms in total. The average Bonchev–Trinajstić information content (AvgIpc) is 3.19. The molecule has 1 aliphatic carbocycles. The first-order valence-corrected chi connectivity index (χ1v) is 8.27. The van der Waals surface area contributed by atoms with E-state index in [2.05, 4.69) is 4.90 Å². The maximum atomic E-state index is 12.0. The predicted octanol–water partition coefficient (Wildman–Crippen LogP) is 0.898. The van der Waals surface area contributed by atoms with Gasteiger partial charge in [-0.1, -0.05) is 0 Å². The Hall–Kier alpha value is -1.11. The highest BCUT2D eigenvalue weighted by Gasteiger charge is 2.51. The summed E-state index contributed by atoms with van der Waals surface area (Å²) in [6.07, 6.45) is 2.26. The first-order valence-electron chi connectivity index (χ1n) is 6.83. The molecule has 0 bridgehead atoms. The minimum Gasteiger partial charge on any atom is -0.386 e. The minimum absolute atomic E-state index is 0.296. The first kappa shape index (κ1) is 13.9. The number of aliphatic hydroxyl groups is 1. The van der Waals surface area contributed by atoms with E-state index >= 15 is 0 Å². The summed E-state index contributed by atoms with van der Waals surface area (Å²) in [5.41, 5.74) is 0.446. The minimum atomic E-state index is -3.37. The smallest absolute Gasteiger partial charge is 0.242 e. The molecule has 6 heteroatoms. The largest absolute Gasteiger partial charge is 0.386 e. The maximum absolute atomic E-state index is 12.0. The lowest BCUT2D eigenvalue weighted by atomic mass is 9.88. The molecule has 2 aliphatic rings. The third-order valence-electron chi connectivity index (χ3n) is 4.25. The zero-order valence-corrected chi connectivity index (χ0v) is 12.6. The number of hydrogen-bond acceptors (Lipinski definition) is 4. The van der Waals surface area contributed by atoms with E-state index < -0.39 is 15.6 Å². The van der Waals surface area contributed by atoms with E-state index in [-0.39, 0.29) is 0 Å². The van der Waals surface area contributed by atoms with Gasteiger partial charge in [0.05, 0.1) is 4.90 Å². The zero-order chi connectivity index (χ0) is 14.5. The van der Waals surface area contributed by atoms with Crippen LogP contribution in [0.5, 0.6) is 0 Å². The quantitative estimate of drug-likeness (QED) is 0.897. The third kappa shape index (κ3) is 2.21. The lowest BCUT2D eigenvalue weighted by molar-refractivity contribution is -0.00930. The second-order valence-corrected chi connectivity index (χ2v) is 8.17. The fourth-order valence-electron chi connectivity index (χ4n) is 2.72. The van der Waals surface area contributed by atoms with Gasteiger partial charge in [0.2, 0.25) is 10.0 Å². The van der Waals surface area contributed by atoms with Crippen molar-refractivity contribution in [1.29, 1.82) is 0 Å². The van der Waals surface area contributed by atoms with E-state index in [9.17, 15) is 13.5 Å². The summed E-state index contributed by atoms with van der Waals surface area (Å²) in [4.78, 5) is 2.38. The normalized spacial score (nSPS) is 21.9. The van der Waals surface area contributed by atoms with Gasteiger partial charge in [0.25, 0.3) is 0 Å². The molecular weight excluding hydrogens is 276 g/mol. The van der Waals surface area contributed by atoms with E-state index in [1.807, 2.05) is 12.1 Å². The van der Waals surface area contributed by atoms with E-state index in [1.165, 1.54) is 18.4 Å². The van der Waals surface area contributed by atoms with Crippen LogP contribution in [0.3, 0.4) is 0 Å². The molecule has 1 aromatic rings. The molecule has 1 heterocycles. The fraction of sp³-hybridized carbons (Fsp3) is 0.571. The Balaban J connectivity index is 1.72. The Morgan fingerprint density at radius 1 is 1.20 bits per heavy atom. The summed E-state index contributed by atoms with van der Waals surface area (Å²) in [6, 6.07) is 6.87. The molecule has 3 rings (SSSR count). The highest BCUT2D eigenvalue weighted by atomic mass is 32.2. The highest BCUT2D eigenvalue weighted by molar-refractivity contribution is 7.89. The van der Waals surface area contributed by atoms with Gasteiger partial charge in [-0.05, 0) is 43.0 Å². The van der Waals surface area contributed by atoms with Gasteiger partial charge in [0.1, 0.15) is 5.60 Å². The van der Waals surface area contributed by atoms with Crippen LogP contribution in [0, 0.1) is 5.92 Å². The monoisotopic (exact) mass is 296 g/mol. The van der Waals surface area contributed by atoms with Crippen molar-refractivity contribution in [2.45, 2.75) is 23.3 Å². The van der Waals surface area contributed by atoms with Crippen LogP contribution in [0.2, 0.25) is 0 Å². The molecule has 110 valence electrons. The van der Waals surface area contributed by atoms with Gasteiger partial charge >= 0.3 is 0 Å². The van der Waals surface area contributed by atoms with Crippen LogP contribution in [0.25, 0.3) is 0 Å². The molecule has 1 saturated carbocycles. The second-order valence-electron chi connectivity index (χ2n) is 6.02. The van der Waals surface area contributed by atoms with Crippen LogP contribution < -0.4 is 4.90 Å². The summed E-state index contributed by atoms with van der Waals surface area (Å²) in [6.45, 7) is 1.30. The molecule has 0 radical (unpaired) electrons. The second kappa shape index (κ2) is 4.44. The van der Waals surface area contributed by atoms with Gasteiger partial charge < -0.3 is 10.0 Å². The summed E-state index contributed by atoms with van der Waals surface area (Å²) < 4.78 is 25.1. The number of sulfonamides is 1. The van der Waals surface area contributed by atoms with Gasteiger partial charge in [-0.15, -0.1) is 0 Å². The molecule has 0 unspecified atom stereocenters. The third-order valence-corrected chi connectivity index (χ3v) is 6.08. The molecule has 1 aliphatic heterocycles. The van der Waals surface area contributed by atoms with Gasteiger partial charge in [0, 0.05) is 32.9 Å². The Morgan fingerprint density at radius 2 is 1.75 bits per heavy atom. The van der Waals surface area contributed by atoms with Gasteiger partial charge in [-0.2, -0.15) is 0 Å². The first-order chi connectivity index (χ1) is 9.33. The van der Waals surface area contributed by atoms with Crippen LogP contribution in [0.15, 0.2) is 29.2 Å². The molecule has 0 aromatic heterocycles. The SMILES string of the molecule is CN(C)S(=O)(=O)c1ccc(N2CC(O)(C3CC3)C2)cc1. The molecule has 0 atom stereocenters. The molecule has 0 amide bonds. The Kier molecular flexibility index (Phi) is 3.08. The standard InChI is InChI=1S/C14H20N2O3S/c1-15(2)20(18,19)13-7-5-12(6-8-13)16-9-14(17,10-16)11-3-4-11/h5-8,11,17H,3-4,9-10H2,1-2H3. The van der Waals surface area contributed by atoms with Crippen molar-refractivity contribution in [1.82, 2.24) is 4.31 Å². The van der Waals surface area contributed by atoms with Gasteiger partial charge in [-0.25, -0.2) is 12.7 Å². The number of benzene rings is 1. The molecule has 1 saturated heterocycles. The summed E-state index contributed by atoms with van der Waals surface area (Å²) in [5, 5.41) is 10.3. The molecule has 2 fully saturated rings. The Morgan fingerprint density at radius 3 is 2.20 bits per heavy atom. The summed E-state index contributed by atoms with van der Waals surface area (Å²) in [7, 11) is -0.324. The van der Waals surface area contributed by atoms with Crippen LogP contribution in [-0.2, 0) is 10.0 Å². The molecule has 1 N–H and O–H groups in total. The fourth-order valence-corrected chi connectivity index (χ4v) is 3.62. The Labute approximate surface area is 119 Å². The van der Waals surface area contributed by atoms with Crippen LogP contribution in [0.1, 0.15) is 12.8 Å². The van der Waals surface area contributed by atoms with Crippen molar-refractivity contribution in [3.05, 3.63) is 24.3 Å². The van der Waals surface area contributed by atoms with E-state index in [1.54, 1.807) is 12.1 Å². The van der Waals surface area contributed by atoms with Crippen molar-refractivity contribution in [3.63, 3.8) is 0 Å². The average molecular weight is 296 g/mol. The predicted molar refractivity (Wildman–Crippen MR) is 77.2 cm³/mol. The van der Waals surface area contributed by atoms with Crippen LogP contribution in [0.4, 0.5) is 5.69 Å². The molecule has 0 spiro atoms. The van der Waals surface area contributed by atoms with Crippen molar-refractivity contribution >= 4 is 15.7 Å². The van der Waals surface area contributed by atoms with Gasteiger partial charge in [0.15, 0.2) is 0 Å². The van der Waals surface area contributed by atoms with Crippen molar-refractivity contribution in [2.75, 3.05) is 32.1 Å². The highest BCUT2D eigenvalue weighted by Crippen LogP contribution is 2.45. The molecule has 20 heavy (non-hydrogen) atoms.